The summed E-state index contributed by atoms with van der Waals surface area (Å²) in [6.45, 7) is 5.69. The van der Waals surface area contributed by atoms with Crippen LogP contribution in [0.4, 0.5) is 4.39 Å². The van der Waals surface area contributed by atoms with E-state index in [1.165, 1.54) is 6.07 Å². The van der Waals surface area contributed by atoms with Crippen LogP contribution in [0.5, 0.6) is 0 Å². The van der Waals surface area contributed by atoms with E-state index in [2.05, 4.69) is 0 Å². The molecule has 3 atom stereocenters. The Kier molecular flexibility index (Phi) is 5.48. The Morgan fingerprint density at radius 3 is 2.71 bits per heavy atom. The van der Waals surface area contributed by atoms with Crippen molar-refractivity contribution in [3.8, 4) is 0 Å². The van der Waals surface area contributed by atoms with E-state index in [-0.39, 0.29) is 17.8 Å². The summed E-state index contributed by atoms with van der Waals surface area (Å²) in [5.74, 6) is -0.0232. The molecule has 3 unspecified atom stereocenters. The van der Waals surface area contributed by atoms with Crippen LogP contribution < -0.4 is 5.73 Å². The van der Waals surface area contributed by atoms with Gasteiger partial charge in [0, 0.05) is 31.2 Å². The van der Waals surface area contributed by atoms with Gasteiger partial charge in [-0.25, -0.2) is 4.39 Å². The van der Waals surface area contributed by atoms with Gasteiger partial charge in [0.2, 0.25) is 5.91 Å². The Labute approximate surface area is 142 Å². The van der Waals surface area contributed by atoms with Crippen LogP contribution in [0.1, 0.15) is 24.9 Å². The Hall–Kier alpha value is -1.50. The number of halogens is 1. The number of nitrogens with two attached hydrogens (primary N) is 1. The lowest BCUT2D eigenvalue weighted by Crippen LogP contribution is -2.48. The van der Waals surface area contributed by atoms with Crippen LogP contribution in [0.25, 0.3) is 0 Å². The summed E-state index contributed by atoms with van der Waals surface area (Å²) in [5, 5.41) is 0. The SMILES string of the molecule is CC1CC(CN)CN1C(=O)C(c1ccccc1F)N1CCOCC1. The lowest BCUT2D eigenvalue weighted by Gasteiger charge is -2.37. The number of carbonyl (C=O) groups excluding carboxylic acids is 1. The zero-order valence-corrected chi connectivity index (χ0v) is 14.2. The summed E-state index contributed by atoms with van der Waals surface area (Å²) in [7, 11) is 0. The number of nitrogens with zero attached hydrogens (tertiary/aromatic N) is 2. The van der Waals surface area contributed by atoms with Gasteiger partial charge in [-0.05, 0) is 31.9 Å². The summed E-state index contributed by atoms with van der Waals surface area (Å²) in [6, 6.07) is 6.13. The van der Waals surface area contributed by atoms with Gasteiger partial charge in [0.05, 0.1) is 13.2 Å². The first kappa shape index (κ1) is 17.3. The van der Waals surface area contributed by atoms with Crippen molar-refractivity contribution in [3.63, 3.8) is 0 Å². The van der Waals surface area contributed by atoms with E-state index in [0.717, 1.165) is 6.42 Å². The molecule has 0 radical (unpaired) electrons. The van der Waals surface area contributed by atoms with Crippen LogP contribution >= 0.6 is 0 Å². The average molecular weight is 335 g/mol. The molecule has 3 rings (SSSR count). The minimum atomic E-state index is -0.589. The molecule has 0 saturated carbocycles. The lowest BCUT2D eigenvalue weighted by atomic mass is 10.0. The van der Waals surface area contributed by atoms with Crippen molar-refractivity contribution in [2.75, 3.05) is 39.4 Å². The fourth-order valence-corrected chi connectivity index (χ4v) is 3.80. The first-order valence-corrected chi connectivity index (χ1v) is 8.68. The number of hydrogen-bond donors (Lipinski definition) is 1. The predicted octanol–water partition coefficient (Wildman–Crippen LogP) is 1.39. The molecule has 2 fully saturated rings. The van der Waals surface area contributed by atoms with Crippen molar-refractivity contribution in [3.05, 3.63) is 35.6 Å². The zero-order chi connectivity index (χ0) is 17.1. The smallest absolute Gasteiger partial charge is 0.244 e. The van der Waals surface area contributed by atoms with Crippen LogP contribution in [0.3, 0.4) is 0 Å². The van der Waals surface area contributed by atoms with Gasteiger partial charge < -0.3 is 15.4 Å². The molecule has 0 aromatic heterocycles. The highest BCUT2D eigenvalue weighted by Gasteiger charge is 2.39. The third-order valence-corrected chi connectivity index (χ3v) is 5.12. The fraction of sp³-hybridized carbons (Fsp3) is 0.611. The molecule has 1 amide bonds. The van der Waals surface area contributed by atoms with Crippen molar-refractivity contribution >= 4 is 5.91 Å². The molecule has 0 bridgehead atoms. The third kappa shape index (κ3) is 3.45. The summed E-state index contributed by atoms with van der Waals surface area (Å²) in [6.07, 6.45) is 0.912. The highest BCUT2D eigenvalue weighted by Crippen LogP contribution is 2.31. The zero-order valence-electron chi connectivity index (χ0n) is 14.2. The topological polar surface area (TPSA) is 58.8 Å². The molecule has 24 heavy (non-hydrogen) atoms. The molecular weight excluding hydrogens is 309 g/mol. The Morgan fingerprint density at radius 2 is 2.08 bits per heavy atom. The number of rotatable bonds is 4. The first-order valence-electron chi connectivity index (χ1n) is 8.68. The monoisotopic (exact) mass is 335 g/mol. The molecular formula is C18H26FN3O2. The molecule has 6 heteroatoms. The second kappa shape index (κ2) is 7.59. The van der Waals surface area contributed by atoms with Gasteiger partial charge in [0.1, 0.15) is 11.9 Å². The number of amides is 1. The van der Waals surface area contributed by atoms with Gasteiger partial charge in [-0.2, -0.15) is 0 Å². The van der Waals surface area contributed by atoms with Gasteiger partial charge in [-0.1, -0.05) is 18.2 Å². The van der Waals surface area contributed by atoms with Crippen molar-refractivity contribution in [2.45, 2.75) is 25.4 Å². The van der Waals surface area contributed by atoms with E-state index in [0.29, 0.717) is 50.9 Å². The number of hydrogen-bond acceptors (Lipinski definition) is 4. The van der Waals surface area contributed by atoms with E-state index in [1.54, 1.807) is 18.2 Å². The van der Waals surface area contributed by atoms with Crippen molar-refractivity contribution in [1.82, 2.24) is 9.80 Å². The highest BCUT2D eigenvalue weighted by molar-refractivity contribution is 5.84. The predicted molar refractivity (Wildman–Crippen MR) is 89.9 cm³/mol. The summed E-state index contributed by atoms with van der Waals surface area (Å²) < 4.78 is 19.8. The molecule has 2 N–H and O–H groups in total. The highest BCUT2D eigenvalue weighted by atomic mass is 19.1. The molecule has 0 aliphatic carbocycles. The molecule has 1 aromatic carbocycles. The van der Waals surface area contributed by atoms with Crippen LogP contribution in [0.15, 0.2) is 24.3 Å². The van der Waals surface area contributed by atoms with E-state index in [1.807, 2.05) is 16.7 Å². The summed E-state index contributed by atoms with van der Waals surface area (Å²) in [4.78, 5) is 17.2. The number of benzene rings is 1. The van der Waals surface area contributed by atoms with Gasteiger partial charge >= 0.3 is 0 Å². The van der Waals surface area contributed by atoms with Crippen molar-refractivity contribution in [1.29, 1.82) is 0 Å². The Morgan fingerprint density at radius 1 is 1.38 bits per heavy atom. The third-order valence-electron chi connectivity index (χ3n) is 5.12. The van der Waals surface area contributed by atoms with E-state index in [9.17, 15) is 9.18 Å². The van der Waals surface area contributed by atoms with Gasteiger partial charge in [-0.15, -0.1) is 0 Å². The molecule has 2 aliphatic rings. The number of carbonyl (C=O) groups is 1. The molecule has 2 heterocycles. The van der Waals surface area contributed by atoms with Gasteiger partial charge in [0.15, 0.2) is 0 Å². The lowest BCUT2D eigenvalue weighted by molar-refractivity contribution is -0.140. The van der Waals surface area contributed by atoms with E-state index >= 15 is 0 Å². The number of likely N-dealkylation sites (tertiary alicyclic amines) is 1. The largest absolute Gasteiger partial charge is 0.379 e. The Balaban J connectivity index is 1.89. The number of morpholine rings is 1. The summed E-state index contributed by atoms with van der Waals surface area (Å²) in [5.41, 5.74) is 6.24. The maximum Gasteiger partial charge on any atom is 0.244 e. The molecule has 0 spiro atoms. The van der Waals surface area contributed by atoms with Crippen LogP contribution in [0.2, 0.25) is 0 Å². The maximum absolute atomic E-state index is 14.4. The van der Waals surface area contributed by atoms with Crippen LogP contribution in [-0.4, -0.2) is 61.1 Å². The molecule has 2 saturated heterocycles. The van der Waals surface area contributed by atoms with Crippen LogP contribution in [0, 0.1) is 11.7 Å². The van der Waals surface area contributed by atoms with Crippen LogP contribution in [-0.2, 0) is 9.53 Å². The Bertz CT molecular complexity index is 577. The first-order chi connectivity index (χ1) is 11.6. The van der Waals surface area contributed by atoms with E-state index < -0.39 is 6.04 Å². The fourth-order valence-electron chi connectivity index (χ4n) is 3.80. The second-order valence-electron chi connectivity index (χ2n) is 6.75. The molecule has 5 nitrogen and oxygen atoms in total. The second-order valence-corrected chi connectivity index (χ2v) is 6.75. The quantitative estimate of drug-likeness (QED) is 0.903. The molecule has 2 aliphatic heterocycles. The normalized spacial score (nSPS) is 26.5. The van der Waals surface area contributed by atoms with Gasteiger partial charge in [-0.3, -0.25) is 9.69 Å². The van der Waals surface area contributed by atoms with Gasteiger partial charge in [0.25, 0.3) is 0 Å². The molecule has 1 aromatic rings. The number of ether oxygens (including phenoxy) is 1. The standard InChI is InChI=1S/C18H26FN3O2/c1-13-10-14(11-20)12-22(13)18(23)17(21-6-8-24-9-7-21)15-4-2-3-5-16(15)19/h2-5,13-14,17H,6-12,20H2,1H3. The maximum atomic E-state index is 14.4. The van der Waals surface area contributed by atoms with Crippen molar-refractivity contribution < 1.29 is 13.9 Å². The summed E-state index contributed by atoms with van der Waals surface area (Å²) >= 11 is 0. The van der Waals surface area contributed by atoms with Crippen molar-refractivity contribution in [2.24, 2.45) is 11.7 Å². The molecule has 132 valence electrons. The van der Waals surface area contributed by atoms with E-state index in [4.69, 9.17) is 10.5 Å². The minimum Gasteiger partial charge on any atom is -0.379 e. The minimum absolute atomic E-state index is 0.0227. The average Bonchev–Trinajstić information content (AvgIpc) is 2.99.